The van der Waals surface area contributed by atoms with E-state index in [0.717, 1.165) is 54.7 Å². The summed E-state index contributed by atoms with van der Waals surface area (Å²) in [6.07, 6.45) is 5.89. The molecule has 0 fully saturated rings. The third-order valence-corrected chi connectivity index (χ3v) is 5.86. The number of aromatic nitrogens is 2. The minimum atomic E-state index is -0.332. The van der Waals surface area contributed by atoms with Crippen LogP contribution in [0.2, 0.25) is 0 Å². The molecule has 0 aliphatic rings. The van der Waals surface area contributed by atoms with Gasteiger partial charge in [-0.25, -0.2) is 4.79 Å². The number of hydrogen-bond donors (Lipinski definition) is 2. The minimum Gasteiger partial charge on any atom is -0.422 e. The Labute approximate surface area is 171 Å². The number of rotatable bonds is 2. The third-order valence-electron chi connectivity index (χ3n) is 5.86. The lowest BCUT2D eigenvalue weighted by atomic mass is 10.0. The predicted octanol–water partition coefficient (Wildman–Crippen LogP) is 6.74. The Kier molecular flexibility index (Phi) is 3.36. The smallest absolute Gasteiger partial charge is 0.344 e. The molecule has 2 N–H and O–H groups in total. The summed E-state index contributed by atoms with van der Waals surface area (Å²) in [4.78, 5) is 19.6. The van der Waals surface area contributed by atoms with Gasteiger partial charge in [-0.2, -0.15) is 0 Å². The standard InChI is InChI=1S/C26H18N2O2/c1-3-7-14-18-11-19-16-10-17-15-8-5-6-9-22(15)28-23(17)12-20(16)26(29)30-25(19)13-24(18)27-21(14)4-2/h3-13,27-28H,2H2,1H3/b7-3-. The predicted molar refractivity (Wildman–Crippen MR) is 126 cm³/mol. The molecule has 0 amide bonds. The normalized spacial score (nSPS) is 12.3. The Bertz CT molecular complexity index is 1740. The molecule has 0 saturated carbocycles. The van der Waals surface area contributed by atoms with Gasteiger partial charge in [-0.3, -0.25) is 0 Å². The van der Waals surface area contributed by atoms with Crippen LogP contribution in [0.5, 0.6) is 0 Å². The van der Waals surface area contributed by atoms with Crippen LogP contribution in [-0.4, -0.2) is 9.97 Å². The fourth-order valence-corrected chi connectivity index (χ4v) is 4.51. The fourth-order valence-electron chi connectivity index (χ4n) is 4.51. The lowest BCUT2D eigenvalue weighted by molar-refractivity contribution is 0.570. The second-order valence-corrected chi connectivity index (χ2v) is 7.55. The molecule has 0 atom stereocenters. The van der Waals surface area contributed by atoms with Crippen molar-refractivity contribution in [2.75, 3.05) is 0 Å². The molecule has 4 nitrogen and oxygen atoms in total. The molecule has 30 heavy (non-hydrogen) atoms. The van der Waals surface area contributed by atoms with Crippen LogP contribution in [-0.2, 0) is 0 Å². The molecule has 144 valence electrons. The maximum Gasteiger partial charge on any atom is 0.344 e. The van der Waals surface area contributed by atoms with Crippen molar-refractivity contribution in [3.8, 4) is 0 Å². The van der Waals surface area contributed by atoms with E-state index in [0.29, 0.717) is 11.0 Å². The highest BCUT2D eigenvalue weighted by Crippen LogP contribution is 2.35. The number of fused-ring (bicyclic) bond motifs is 7. The Morgan fingerprint density at radius 3 is 2.47 bits per heavy atom. The van der Waals surface area contributed by atoms with E-state index in [1.807, 2.05) is 49.4 Å². The maximum absolute atomic E-state index is 12.8. The maximum atomic E-state index is 12.8. The molecule has 6 rings (SSSR count). The van der Waals surface area contributed by atoms with Crippen LogP contribution >= 0.6 is 0 Å². The fraction of sp³-hybridized carbons (Fsp3) is 0.0385. The van der Waals surface area contributed by atoms with E-state index in [2.05, 4.69) is 40.8 Å². The van der Waals surface area contributed by atoms with Gasteiger partial charge in [0.15, 0.2) is 0 Å². The van der Waals surface area contributed by atoms with Gasteiger partial charge in [0.05, 0.1) is 10.9 Å². The number of para-hydroxylation sites is 1. The number of benzene rings is 3. The van der Waals surface area contributed by atoms with E-state index < -0.39 is 0 Å². The van der Waals surface area contributed by atoms with Gasteiger partial charge in [0.2, 0.25) is 0 Å². The molecule has 0 aliphatic carbocycles. The Morgan fingerprint density at radius 2 is 1.63 bits per heavy atom. The van der Waals surface area contributed by atoms with E-state index in [4.69, 9.17) is 4.42 Å². The first-order valence-corrected chi connectivity index (χ1v) is 9.90. The number of allylic oxidation sites excluding steroid dienone is 1. The second kappa shape index (κ2) is 5.97. The monoisotopic (exact) mass is 390 g/mol. The van der Waals surface area contributed by atoms with Crippen LogP contribution in [0.15, 0.2) is 70.4 Å². The summed E-state index contributed by atoms with van der Waals surface area (Å²) < 4.78 is 5.72. The highest BCUT2D eigenvalue weighted by molar-refractivity contribution is 6.18. The topological polar surface area (TPSA) is 61.8 Å². The summed E-state index contributed by atoms with van der Waals surface area (Å²) in [6, 6.07) is 16.2. The van der Waals surface area contributed by atoms with Crippen LogP contribution in [0.25, 0.3) is 66.6 Å². The van der Waals surface area contributed by atoms with Gasteiger partial charge in [0.25, 0.3) is 0 Å². The highest BCUT2D eigenvalue weighted by atomic mass is 16.4. The summed E-state index contributed by atoms with van der Waals surface area (Å²) in [6.45, 7) is 5.91. The highest BCUT2D eigenvalue weighted by Gasteiger charge is 2.15. The zero-order valence-electron chi connectivity index (χ0n) is 16.4. The first-order valence-electron chi connectivity index (χ1n) is 9.90. The molecule has 0 aliphatic heterocycles. The summed E-state index contributed by atoms with van der Waals surface area (Å²) in [7, 11) is 0. The molecule has 6 aromatic rings. The van der Waals surface area contributed by atoms with Crippen molar-refractivity contribution in [2.45, 2.75) is 6.92 Å². The van der Waals surface area contributed by atoms with Gasteiger partial charge in [-0.05, 0) is 37.3 Å². The van der Waals surface area contributed by atoms with Gasteiger partial charge in [0.1, 0.15) is 5.58 Å². The van der Waals surface area contributed by atoms with Gasteiger partial charge < -0.3 is 14.4 Å². The van der Waals surface area contributed by atoms with Crippen molar-refractivity contribution in [1.29, 1.82) is 0 Å². The average molecular weight is 390 g/mol. The van der Waals surface area contributed by atoms with E-state index in [1.165, 1.54) is 0 Å². The molecular weight excluding hydrogens is 372 g/mol. The summed E-state index contributed by atoms with van der Waals surface area (Å²) in [5.41, 5.74) is 5.17. The van der Waals surface area contributed by atoms with Crippen LogP contribution in [0.3, 0.4) is 0 Å². The number of H-pyrrole nitrogens is 2. The molecular formula is C26H18N2O2. The number of hydrogen-bond acceptors (Lipinski definition) is 2. The van der Waals surface area contributed by atoms with E-state index in [1.54, 1.807) is 0 Å². The van der Waals surface area contributed by atoms with E-state index in [-0.39, 0.29) is 5.63 Å². The third kappa shape index (κ3) is 2.19. The quantitative estimate of drug-likeness (QED) is 0.254. The van der Waals surface area contributed by atoms with Crippen LogP contribution in [0.4, 0.5) is 0 Å². The van der Waals surface area contributed by atoms with Crippen LogP contribution in [0.1, 0.15) is 18.2 Å². The van der Waals surface area contributed by atoms with Gasteiger partial charge in [-0.1, -0.05) is 36.9 Å². The van der Waals surface area contributed by atoms with Crippen molar-refractivity contribution in [1.82, 2.24) is 9.97 Å². The molecule has 0 unspecified atom stereocenters. The second-order valence-electron chi connectivity index (χ2n) is 7.55. The van der Waals surface area contributed by atoms with E-state index >= 15 is 0 Å². The van der Waals surface area contributed by atoms with Crippen LogP contribution < -0.4 is 5.63 Å². The largest absolute Gasteiger partial charge is 0.422 e. The molecule has 0 spiro atoms. The molecule has 3 aromatic heterocycles. The molecule has 3 aromatic carbocycles. The number of aromatic amines is 2. The first-order chi connectivity index (χ1) is 14.7. The SMILES string of the molecule is C=Cc1[nH]c2cc3oc(=O)c4cc5[nH]c6ccccc6c5cc4c3cc2c1/C=C\C. The molecule has 3 heterocycles. The first kappa shape index (κ1) is 16.9. The van der Waals surface area contributed by atoms with E-state index in [9.17, 15) is 4.79 Å². The Balaban J connectivity index is 1.82. The van der Waals surface area contributed by atoms with Gasteiger partial charge in [0, 0.05) is 55.3 Å². The van der Waals surface area contributed by atoms with Crippen molar-refractivity contribution < 1.29 is 4.42 Å². The summed E-state index contributed by atoms with van der Waals surface area (Å²) >= 11 is 0. The van der Waals surface area contributed by atoms with Crippen molar-refractivity contribution in [3.63, 3.8) is 0 Å². The lowest BCUT2D eigenvalue weighted by Gasteiger charge is -2.04. The molecule has 0 bridgehead atoms. The molecule has 0 radical (unpaired) electrons. The Morgan fingerprint density at radius 1 is 0.833 bits per heavy atom. The number of nitrogens with one attached hydrogen (secondary N) is 2. The minimum absolute atomic E-state index is 0.332. The summed E-state index contributed by atoms with van der Waals surface area (Å²) in [5, 5.41) is 5.71. The van der Waals surface area contributed by atoms with Crippen LogP contribution in [0, 0.1) is 0 Å². The average Bonchev–Trinajstić information content (AvgIpc) is 3.29. The van der Waals surface area contributed by atoms with Gasteiger partial charge >= 0.3 is 5.63 Å². The zero-order chi connectivity index (χ0) is 20.4. The van der Waals surface area contributed by atoms with Crippen molar-refractivity contribution in [2.24, 2.45) is 0 Å². The lowest BCUT2D eigenvalue weighted by Crippen LogP contribution is -1.99. The van der Waals surface area contributed by atoms with Crippen molar-refractivity contribution in [3.05, 3.63) is 82.9 Å². The Hall–Kier alpha value is -4.05. The summed E-state index contributed by atoms with van der Waals surface area (Å²) in [5.74, 6) is 0. The zero-order valence-corrected chi connectivity index (χ0v) is 16.4. The molecule has 4 heteroatoms. The molecule has 0 saturated heterocycles. The van der Waals surface area contributed by atoms with Crippen molar-refractivity contribution >= 4 is 66.6 Å². The van der Waals surface area contributed by atoms with Gasteiger partial charge in [-0.15, -0.1) is 0 Å².